The van der Waals surface area contributed by atoms with Gasteiger partial charge in [-0.25, -0.2) is 9.18 Å². The second kappa shape index (κ2) is 6.97. The highest BCUT2D eigenvalue weighted by atomic mass is 19.1. The molecule has 0 radical (unpaired) electrons. The van der Waals surface area contributed by atoms with Gasteiger partial charge in [0.25, 0.3) is 0 Å². The second-order valence-corrected chi connectivity index (χ2v) is 6.04. The lowest BCUT2D eigenvalue weighted by Crippen LogP contribution is -2.47. The first-order chi connectivity index (χ1) is 11.5. The van der Waals surface area contributed by atoms with Crippen LogP contribution in [0, 0.1) is 12.7 Å². The van der Waals surface area contributed by atoms with E-state index < -0.39 is 6.09 Å². The van der Waals surface area contributed by atoms with Crippen LogP contribution in [-0.2, 0) is 6.54 Å². The number of nitrogens with zero attached hydrogens (tertiary/aromatic N) is 3. The second-order valence-electron chi connectivity index (χ2n) is 6.04. The van der Waals surface area contributed by atoms with Crippen LogP contribution in [0.5, 0.6) is 0 Å². The summed E-state index contributed by atoms with van der Waals surface area (Å²) in [6.45, 7) is 4.57. The highest BCUT2D eigenvalue weighted by molar-refractivity contribution is 5.65. The van der Waals surface area contributed by atoms with Crippen LogP contribution in [0.3, 0.4) is 0 Å². The summed E-state index contributed by atoms with van der Waals surface area (Å²) < 4.78 is 14.4. The fourth-order valence-electron chi connectivity index (χ4n) is 2.92. The zero-order chi connectivity index (χ0) is 17.1. The maximum atomic E-state index is 14.4. The number of piperazine rings is 1. The van der Waals surface area contributed by atoms with E-state index in [1.807, 2.05) is 31.2 Å². The molecule has 0 spiro atoms. The summed E-state index contributed by atoms with van der Waals surface area (Å²) in [7, 11) is 0. The first-order valence-electron chi connectivity index (χ1n) is 7.94. The van der Waals surface area contributed by atoms with Gasteiger partial charge < -0.3 is 10.0 Å². The lowest BCUT2D eigenvalue weighted by atomic mass is 10.0. The predicted octanol–water partition coefficient (Wildman–Crippen LogP) is 2.99. The molecule has 1 aromatic carbocycles. The number of carbonyl (C=O) groups is 1. The number of pyridine rings is 1. The van der Waals surface area contributed by atoms with Crippen LogP contribution in [0.4, 0.5) is 9.18 Å². The molecular weight excluding hydrogens is 309 g/mol. The molecule has 1 aliphatic heterocycles. The Morgan fingerprint density at radius 2 is 1.88 bits per heavy atom. The molecule has 3 rings (SSSR count). The fourth-order valence-corrected chi connectivity index (χ4v) is 2.92. The Morgan fingerprint density at radius 3 is 2.50 bits per heavy atom. The monoisotopic (exact) mass is 329 g/mol. The normalized spacial score (nSPS) is 15.5. The third-order valence-corrected chi connectivity index (χ3v) is 4.32. The van der Waals surface area contributed by atoms with Crippen molar-refractivity contribution in [3.63, 3.8) is 0 Å². The van der Waals surface area contributed by atoms with Crippen molar-refractivity contribution in [2.45, 2.75) is 13.5 Å². The Labute approximate surface area is 140 Å². The van der Waals surface area contributed by atoms with E-state index in [0.717, 1.165) is 16.8 Å². The number of amides is 1. The average molecular weight is 329 g/mol. The molecule has 1 aliphatic rings. The molecule has 2 heterocycles. The first-order valence-corrected chi connectivity index (χ1v) is 7.94. The molecule has 0 bridgehead atoms. The molecule has 5 nitrogen and oxygen atoms in total. The summed E-state index contributed by atoms with van der Waals surface area (Å²) in [6.07, 6.45) is 0.830. The SMILES string of the molecule is Cc1cc(-c2ccc(CN3CCN(C(=O)O)CC3)c(F)c2)ccn1. The van der Waals surface area contributed by atoms with Crippen molar-refractivity contribution < 1.29 is 14.3 Å². The van der Waals surface area contributed by atoms with E-state index in [1.54, 1.807) is 12.3 Å². The van der Waals surface area contributed by atoms with Crippen molar-refractivity contribution in [1.29, 1.82) is 0 Å². The molecule has 1 amide bonds. The van der Waals surface area contributed by atoms with E-state index in [1.165, 1.54) is 4.90 Å². The number of aryl methyl sites for hydroxylation is 1. The van der Waals surface area contributed by atoms with E-state index >= 15 is 0 Å². The number of rotatable bonds is 3. The van der Waals surface area contributed by atoms with Gasteiger partial charge in [0.05, 0.1) is 0 Å². The molecule has 6 heteroatoms. The van der Waals surface area contributed by atoms with Gasteiger partial charge in [-0.2, -0.15) is 0 Å². The van der Waals surface area contributed by atoms with Crippen LogP contribution in [0.1, 0.15) is 11.3 Å². The third-order valence-electron chi connectivity index (χ3n) is 4.32. The minimum Gasteiger partial charge on any atom is -0.465 e. The summed E-state index contributed by atoms with van der Waals surface area (Å²) in [5, 5.41) is 8.96. The van der Waals surface area contributed by atoms with Gasteiger partial charge in [-0.1, -0.05) is 12.1 Å². The van der Waals surface area contributed by atoms with Crippen LogP contribution in [0.15, 0.2) is 36.5 Å². The van der Waals surface area contributed by atoms with Gasteiger partial charge in [0.2, 0.25) is 0 Å². The molecule has 0 atom stereocenters. The van der Waals surface area contributed by atoms with Crippen molar-refractivity contribution in [1.82, 2.24) is 14.8 Å². The summed E-state index contributed by atoms with van der Waals surface area (Å²) in [5.74, 6) is -0.234. The molecule has 1 N–H and O–H groups in total. The van der Waals surface area contributed by atoms with Crippen LogP contribution in [-0.4, -0.2) is 52.2 Å². The maximum Gasteiger partial charge on any atom is 0.407 e. The molecule has 0 unspecified atom stereocenters. The van der Waals surface area contributed by atoms with Gasteiger partial charge in [-0.3, -0.25) is 9.88 Å². The zero-order valence-corrected chi connectivity index (χ0v) is 13.6. The summed E-state index contributed by atoms with van der Waals surface area (Å²) in [4.78, 5) is 18.5. The molecule has 1 aromatic heterocycles. The zero-order valence-electron chi connectivity index (χ0n) is 13.6. The van der Waals surface area contributed by atoms with Gasteiger partial charge >= 0.3 is 6.09 Å². The molecule has 1 fully saturated rings. The molecule has 24 heavy (non-hydrogen) atoms. The number of carboxylic acid groups (broad SMARTS) is 1. The largest absolute Gasteiger partial charge is 0.465 e. The maximum absolute atomic E-state index is 14.4. The standard InChI is InChI=1S/C18H20FN3O2/c1-13-10-15(4-5-20-13)14-2-3-16(17(19)11-14)12-21-6-8-22(9-7-21)18(23)24/h2-5,10-11H,6-9,12H2,1H3,(H,23,24). The Morgan fingerprint density at radius 1 is 1.17 bits per heavy atom. The number of benzene rings is 1. The van der Waals surface area contributed by atoms with Crippen molar-refractivity contribution in [3.8, 4) is 11.1 Å². The van der Waals surface area contributed by atoms with Gasteiger partial charge in [-0.15, -0.1) is 0 Å². The smallest absolute Gasteiger partial charge is 0.407 e. The van der Waals surface area contributed by atoms with E-state index in [4.69, 9.17) is 5.11 Å². The predicted molar refractivity (Wildman–Crippen MR) is 89.2 cm³/mol. The van der Waals surface area contributed by atoms with E-state index in [9.17, 15) is 9.18 Å². The number of hydrogen-bond donors (Lipinski definition) is 1. The molecule has 126 valence electrons. The molecule has 0 aliphatic carbocycles. The van der Waals surface area contributed by atoms with Crippen molar-refractivity contribution >= 4 is 6.09 Å². The van der Waals surface area contributed by atoms with Crippen LogP contribution in [0.2, 0.25) is 0 Å². The quantitative estimate of drug-likeness (QED) is 0.940. The number of halogens is 1. The van der Waals surface area contributed by atoms with Gasteiger partial charge in [0.1, 0.15) is 5.82 Å². The Hall–Kier alpha value is -2.47. The van der Waals surface area contributed by atoms with E-state index in [0.29, 0.717) is 38.3 Å². The van der Waals surface area contributed by atoms with Crippen molar-refractivity contribution in [2.24, 2.45) is 0 Å². The van der Waals surface area contributed by atoms with Crippen molar-refractivity contribution in [2.75, 3.05) is 26.2 Å². The van der Waals surface area contributed by atoms with E-state index in [2.05, 4.69) is 9.88 Å². The molecular formula is C18H20FN3O2. The Balaban J connectivity index is 1.69. The van der Waals surface area contributed by atoms with Gasteiger partial charge in [-0.05, 0) is 36.2 Å². The molecule has 2 aromatic rings. The van der Waals surface area contributed by atoms with Gasteiger partial charge in [0, 0.05) is 50.2 Å². The Bertz CT molecular complexity index is 743. The van der Waals surface area contributed by atoms with Crippen LogP contribution >= 0.6 is 0 Å². The lowest BCUT2D eigenvalue weighted by molar-refractivity contribution is 0.102. The summed E-state index contributed by atoms with van der Waals surface area (Å²) in [5.41, 5.74) is 3.31. The first kappa shape index (κ1) is 16.4. The summed E-state index contributed by atoms with van der Waals surface area (Å²) >= 11 is 0. The minimum atomic E-state index is -0.891. The van der Waals surface area contributed by atoms with E-state index in [-0.39, 0.29) is 5.82 Å². The highest BCUT2D eigenvalue weighted by Crippen LogP contribution is 2.23. The topological polar surface area (TPSA) is 56.7 Å². The minimum absolute atomic E-state index is 0.234. The Kier molecular flexibility index (Phi) is 4.76. The third kappa shape index (κ3) is 3.71. The van der Waals surface area contributed by atoms with Gasteiger partial charge in [0.15, 0.2) is 0 Å². The average Bonchev–Trinajstić information content (AvgIpc) is 2.57. The van der Waals surface area contributed by atoms with Crippen molar-refractivity contribution in [3.05, 3.63) is 53.6 Å². The fraction of sp³-hybridized carbons (Fsp3) is 0.333. The number of hydrogen-bond acceptors (Lipinski definition) is 3. The summed E-state index contributed by atoms with van der Waals surface area (Å²) in [6, 6.07) is 9.08. The molecule has 0 saturated carbocycles. The molecule has 1 saturated heterocycles. The lowest BCUT2D eigenvalue weighted by Gasteiger charge is -2.33. The van der Waals surface area contributed by atoms with Crippen LogP contribution in [0.25, 0.3) is 11.1 Å². The highest BCUT2D eigenvalue weighted by Gasteiger charge is 2.21. The van der Waals surface area contributed by atoms with Crippen LogP contribution < -0.4 is 0 Å². The number of aromatic nitrogens is 1.